The van der Waals surface area contributed by atoms with E-state index in [1.807, 2.05) is 30.3 Å². The molecule has 0 saturated heterocycles. The lowest BCUT2D eigenvalue weighted by Gasteiger charge is -2.05. The Kier molecular flexibility index (Phi) is 5.12. The van der Waals surface area contributed by atoms with Crippen molar-refractivity contribution in [3.05, 3.63) is 69.9 Å². The summed E-state index contributed by atoms with van der Waals surface area (Å²) in [7, 11) is 0. The second-order valence-electron chi connectivity index (χ2n) is 4.77. The van der Waals surface area contributed by atoms with Gasteiger partial charge >= 0.3 is 6.09 Å². The Morgan fingerprint density at radius 2 is 2.04 bits per heavy atom. The minimum Gasteiger partial charge on any atom is -0.444 e. The highest BCUT2D eigenvalue weighted by Crippen LogP contribution is 2.24. The normalized spacial score (nSPS) is 10.4. The molecule has 0 aliphatic rings. The molecule has 0 aliphatic heterocycles. The summed E-state index contributed by atoms with van der Waals surface area (Å²) in [5.74, 6) is 0.778. The zero-order chi connectivity index (χ0) is 16.9. The molecule has 2 heterocycles. The molecule has 3 rings (SSSR count). The number of carbonyl (C=O) groups is 1. The highest BCUT2D eigenvalue weighted by molar-refractivity contribution is 9.10. The molecule has 122 valence electrons. The van der Waals surface area contributed by atoms with Gasteiger partial charge in [-0.2, -0.15) is 0 Å². The Morgan fingerprint density at radius 1 is 1.25 bits per heavy atom. The molecule has 0 atom stereocenters. The van der Waals surface area contributed by atoms with E-state index in [0.29, 0.717) is 21.1 Å². The number of hydrogen-bond donors (Lipinski definition) is 1. The summed E-state index contributed by atoms with van der Waals surface area (Å²) >= 11 is 9.43. The average molecular weight is 408 g/mol. The van der Waals surface area contributed by atoms with Crippen molar-refractivity contribution in [2.45, 2.75) is 6.61 Å². The minimum absolute atomic E-state index is 0.178. The van der Waals surface area contributed by atoms with Crippen LogP contribution in [0.3, 0.4) is 0 Å². The van der Waals surface area contributed by atoms with Gasteiger partial charge in [-0.3, -0.25) is 5.32 Å². The first kappa shape index (κ1) is 16.5. The molecule has 6 nitrogen and oxygen atoms in total. The monoisotopic (exact) mass is 406 g/mol. The Hall–Kier alpha value is -2.38. The molecule has 0 aliphatic carbocycles. The van der Waals surface area contributed by atoms with Crippen LogP contribution in [-0.2, 0) is 11.3 Å². The molecular weight excluding hydrogens is 396 g/mol. The number of nitrogens with one attached hydrogen (secondary N) is 1. The van der Waals surface area contributed by atoms with Gasteiger partial charge in [-0.25, -0.2) is 14.5 Å². The summed E-state index contributed by atoms with van der Waals surface area (Å²) in [4.78, 5) is 16.1. The molecule has 0 spiro atoms. The van der Waals surface area contributed by atoms with Crippen LogP contribution in [0.25, 0.3) is 5.82 Å². The van der Waals surface area contributed by atoms with Crippen LogP contribution < -0.4 is 5.32 Å². The maximum atomic E-state index is 11.9. The number of amides is 1. The molecule has 2 aromatic heterocycles. The summed E-state index contributed by atoms with van der Waals surface area (Å²) < 4.78 is 7.22. The van der Waals surface area contributed by atoms with E-state index in [4.69, 9.17) is 16.3 Å². The van der Waals surface area contributed by atoms with Gasteiger partial charge in [0.1, 0.15) is 6.61 Å². The zero-order valence-corrected chi connectivity index (χ0v) is 14.7. The van der Waals surface area contributed by atoms with E-state index in [2.05, 4.69) is 31.3 Å². The first-order valence-electron chi connectivity index (χ1n) is 6.97. The van der Waals surface area contributed by atoms with Gasteiger partial charge < -0.3 is 4.74 Å². The number of benzene rings is 1. The van der Waals surface area contributed by atoms with Crippen molar-refractivity contribution in [1.29, 1.82) is 0 Å². The Balaban J connectivity index is 1.67. The summed E-state index contributed by atoms with van der Waals surface area (Å²) in [6, 6.07) is 12.8. The number of pyridine rings is 1. The lowest BCUT2D eigenvalue weighted by molar-refractivity contribution is 0.155. The average Bonchev–Trinajstić information content (AvgIpc) is 2.95. The number of rotatable bonds is 4. The van der Waals surface area contributed by atoms with Gasteiger partial charge in [0.2, 0.25) is 0 Å². The van der Waals surface area contributed by atoms with Gasteiger partial charge in [-0.1, -0.05) is 41.9 Å². The van der Waals surface area contributed by atoms with Gasteiger partial charge in [0.25, 0.3) is 0 Å². The first-order chi connectivity index (χ1) is 11.6. The van der Waals surface area contributed by atoms with E-state index in [1.54, 1.807) is 24.5 Å². The van der Waals surface area contributed by atoms with Crippen molar-refractivity contribution in [3.63, 3.8) is 0 Å². The topological polar surface area (TPSA) is 69.0 Å². The predicted molar refractivity (Wildman–Crippen MR) is 94.3 cm³/mol. The number of hydrogen-bond acceptors (Lipinski definition) is 4. The molecule has 0 bridgehead atoms. The van der Waals surface area contributed by atoms with Crippen LogP contribution in [0.5, 0.6) is 0 Å². The Labute approximate surface area is 151 Å². The fraction of sp³-hybridized carbons (Fsp3) is 0.0625. The number of halogens is 2. The Morgan fingerprint density at radius 3 is 2.79 bits per heavy atom. The first-order valence-corrected chi connectivity index (χ1v) is 8.14. The molecule has 0 saturated carbocycles. The third-order valence-electron chi connectivity index (χ3n) is 3.06. The van der Waals surface area contributed by atoms with Crippen molar-refractivity contribution in [3.8, 4) is 5.82 Å². The maximum absolute atomic E-state index is 11.9. The molecule has 1 amide bonds. The minimum atomic E-state index is -0.600. The fourth-order valence-corrected chi connectivity index (χ4v) is 2.53. The predicted octanol–water partition coefficient (Wildman–Crippen LogP) is 4.43. The lowest BCUT2D eigenvalue weighted by atomic mass is 10.2. The largest absolute Gasteiger partial charge is 0.444 e. The van der Waals surface area contributed by atoms with Crippen LogP contribution in [0.4, 0.5) is 10.6 Å². The van der Waals surface area contributed by atoms with E-state index < -0.39 is 6.09 Å². The summed E-state index contributed by atoms with van der Waals surface area (Å²) in [6.07, 6.45) is 2.66. The number of carbonyl (C=O) groups excluding carboxylic acids is 1. The highest BCUT2D eigenvalue weighted by Gasteiger charge is 2.14. The highest BCUT2D eigenvalue weighted by atomic mass is 79.9. The van der Waals surface area contributed by atoms with E-state index in [9.17, 15) is 4.79 Å². The summed E-state index contributed by atoms with van der Waals surface area (Å²) in [5.41, 5.74) is 0.900. The van der Waals surface area contributed by atoms with Gasteiger partial charge in [0, 0.05) is 12.4 Å². The van der Waals surface area contributed by atoms with Crippen LogP contribution in [0, 0.1) is 0 Å². The van der Waals surface area contributed by atoms with Crippen molar-refractivity contribution in [1.82, 2.24) is 14.8 Å². The van der Waals surface area contributed by atoms with Crippen molar-refractivity contribution in [2.75, 3.05) is 5.32 Å². The SMILES string of the molecule is O=C(Nc1nn(-c2ncccc2Cl)cc1Br)OCc1ccccc1. The summed E-state index contributed by atoms with van der Waals surface area (Å²) in [6.45, 7) is 0.178. The lowest BCUT2D eigenvalue weighted by Crippen LogP contribution is -2.14. The molecule has 24 heavy (non-hydrogen) atoms. The van der Waals surface area contributed by atoms with Gasteiger partial charge in [0.05, 0.1) is 9.50 Å². The van der Waals surface area contributed by atoms with Gasteiger partial charge in [0.15, 0.2) is 11.6 Å². The molecular formula is C16H12BrClN4O2. The van der Waals surface area contributed by atoms with Crippen LogP contribution in [-0.4, -0.2) is 20.9 Å². The molecule has 0 radical (unpaired) electrons. The third-order valence-corrected chi connectivity index (χ3v) is 3.93. The van der Waals surface area contributed by atoms with Crippen LogP contribution in [0.15, 0.2) is 59.3 Å². The second kappa shape index (κ2) is 7.46. The van der Waals surface area contributed by atoms with Crippen LogP contribution >= 0.6 is 27.5 Å². The zero-order valence-electron chi connectivity index (χ0n) is 12.3. The smallest absolute Gasteiger partial charge is 0.413 e. The molecule has 8 heteroatoms. The van der Waals surface area contributed by atoms with Gasteiger partial charge in [-0.15, -0.1) is 5.10 Å². The van der Waals surface area contributed by atoms with E-state index in [1.165, 1.54) is 4.68 Å². The Bertz CT molecular complexity index is 854. The maximum Gasteiger partial charge on any atom is 0.413 e. The van der Waals surface area contributed by atoms with Crippen molar-refractivity contribution >= 4 is 39.4 Å². The fourth-order valence-electron chi connectivity index (χ4n) is 1.95. The van der Waals surface area contributed by atoms with Crippen LogP contribution in [0.1, 0.15) is 5.56 Å². The molecule has 1 N–H and O–H groups in total. The second-order valence-corrected chi connectivity index (χ2v) is 6.03. The molecule has 0 unspecified atom stereocenters. The summed E-state index contributed by atoms with van der Waals surface area (Å²) in [5, 5.41) is 7.28. The van der Waals surface area contributed by atoms with E-state index >= 15 is 0 Å². The number of aromatic nitrogens is 3. The number of anilines is 1. The number of ether oxygens (including phenoxy) is 1. The number of nitrogens with zero attached hydrogens (tertiary/aromatic N) is 3. The van der Waals surface area contributed by atoms with Crippen molar-refractivity contribution < 1.29 is 9.53 Å². The molecule has 0 fully saturated rings. The van der Waals surface area contributed by atoms with Crippen LogP contribution in [0.2, 0.25) is 5.02 Å². The molecule has 3 aromatic rings. The van der Waals surface area contributed by atoms with E-state index in [-0.39, 0.29) is 6.61 Å². The van der Waals surface area contributed by atoms with Gasteiger partial charge in [-0.05, 0) is 33.6 Å². The molecule has 1 aromatic carbocycles. The quantitative estimate of drug-likeness (QED) is 0.694. The van der Waals surface area contributed by atoms with Crippen molar-refractivity contribution in [2.24, 2.45) is 0 Å². The standard InChI is InChI=1S/C16H12BrClN4O2/c17-12-9-22(15-13(18)7-4-8-19-15)21-14(12)20-16(23)24-10-11-5-2-1-3-6-11/h1-9H,10H2,(H,20,21,23). The van der Waals surface area contributed by atoms with E-state index in [0.717, 1.165) is 5.56 Å². The third kappa shape index (κ3) is 3.93.